The van der Waals surface area contributed by atoms with Crippen LogP contribution in [0.15, 0.2) is 35.4 Å². The molecule has 0 bridgehead atoms. The molecule has 0 fully saturated rings. The van der Waals surface area contributed by atoms with E-state index in [1.807, 2.05) is 0 Å². The summed E-state index contributed by atoms with van der Waals surface area (Å²) in [5.74, 6) is 0.123. The van der Waals surface area contributed by atoms with E-state index in [0.717, 1.165) is 40.8 Å². The Morgan fingerprint density at radius 2 is 2.04 bits per heavy atom. The highest BCUT2D eigenvalue weighted by molar-refractivity contribution is 6.09. The Morgan fingerprint density at radius 3 is 2.57 bits per heavy atom. The van der Waals surface area contributed by atoms with Gasteiger partial charge in [0.2, 0.25) is 0 Å². The van der Waals surface area contributed by atoms with E-state index in [1.165, 1.54) is 19.3 Å². The van der Waals surface area contributed by atoms with Gasteiger partial charge in [0.15, 0.2) is 11.2 Å². The van der Waals surface area contributed by atoms with E-state index in [1.54, 1.807) is 12.3 Å². The quantitative estimate of drug-likeness (QED) is 0.610. The SMILES string of the molecule is CCc1cc2c(cc1/C(C=N)=C/N)CC(C(C)C)n1cc(C(C)=O)c(=O)cc1-2. The van der Waals surface area contributed by atoms with Gasteiger partial charge in [-0.15, -0.1) is 0 Å². The zero-order chi connectivity index (χ0) is 20.6. The number of aryl methyl sites for hydroxylation is 1. The number of nitrogens with one attached hydrogen (secondary N) is 1. The number of rotatable bonds is 5. The Balaban J connectivity index is 2.33. The minimum Gasteiger partial charge on any atom is -0.404 e. The lowest BCUT2D eigenvalue weighted by atomic mass is 9.83. The summed E-state index contributed by atoms with van der Waals surface area (Å²) in [6.45, 7) is 7.80. The summed E-state index contributed by atoms with van der Waals surface area (Å²) in [6, 6.07) is 5.96. The number of hydrogen-bond donors (Lipinski definition) is 2. The third-order valence-corrected chi connectivity index (χ3v) is 5.65. The summed E-state index contributed by atoms with van der Waals surface area (Å²) in [7, 11) is 0. The molecule has 1 atom stereocenters. The van der Waals surface area contributed by atoms with Gasteiger partial charge in [-0.2, -0.15) is 0 Å². The smallest absolute Gasteiger partial charge is 0.192 e. The van der Waals surface area contributed by atoms with Crippen LogP contribution in [0.25, 0.3) is 16.8 Å². The fourth-order valence-electron chi connectivity index (χ4n) is 4.06. The van der Waals surface area contributed by atoms with Gasteiger partial charge < -0.3 is 15.7 Å². The van der Waals surface area contributed by atoms with E-state index in [9.17, 15) is 9.59 Å². The molecular formula is C23H27N3O2. The molecule has 0 amide bonds. The highest BCUT2D eigenvalue weighted by Gasteiger charge is 2.28. The molecule has 5 heteroatoms. The third-order valence-electron chi connectivity index (χ3n) is 5.65. The van der Waals surface area contributed by atoms with Crippen LogP contribution in [-0.2, 0) is 12.8 Å². The van der Waals surface area contributed by atoms with E-state index < -0.39 is 0 Å². The summed E-state index contributed by atoms with van der Waals surface area (Å²) in [6.07, 6.45) is 6.07. The first-order valence-electron chi connectivity index (χ1n) is 9.68. The largest absolute Gasteiger partial charge is 0.404 e. The molecule has 1 aliphatic heterocycles. The number of Topliss-reactive ketones (excluding diaryl/α,β-unsaturated/α-hetero) is 1. The predicted octanol–water partition coefficient (Wildman–Crippen LogP) is 3.98. The molecule has 0 saturated carbocycles. The monoisotopic (exact) mass is 377 g/mol. The fraction of sp³-hybridized carbons (Fsp3) is 0.348. The van der Waals surface area contributed by atoms with Gasteiger partial charge in [0.05, 0.1) is 11.3 Å². The van der Waals surface area contributed by atoms with Crippen molar-refractivity contribution in [3.63, 3.8) is 0 Å². The maximum atomic E-state index is 12.6. The topological polar surface area (TPSA) is 88.9 Å². The molecule has 1 aromatic carbocycles. The number of allylic oxidation sites excluding steroid dienone is 1. The van der Waals surface area contributed by atoms with Gasteiger partial charge in [-0.05, 0) is 48.4 Å². The second-order valence-electron chi connectivity index (χ2n) is 7.70. The van der Waals surface area contributed by atoms with Crippen LogP contribution in [0.1, 0.15) is 60.8 Å². The van der Waals surface area contributed by atoms with E-state index in [0.29, 0.717) is 11.5 Å². The van der Waals surface area contributed by atoms with Crippen molar-refractivity contribution >= 4 is 17.6 Å². The van der Waals surface area contributed by atoms with E-state index in [2.05, 4.69) is 37.5 Å². The molecule has 1 aromatic heterocycles. The van der Waals surface area contributed by atoms with Crippen LogP contribution >= 0.6 is 0 Å². The number of aromatic nitrogens is 1. The first-order chi connectivity index (χ1) is 13.3. The summed E-state index contributed by atoms with van der Waals surface area (Å²) < 4.78 is 2.10. The molecular weight excluding hydrogens is 350 g/mol. The van der Waals surface area contributed by atoms with Crippen LogP contribution in [-0.4, -0.2) is 16.6 Å². The number of benzene rings is 1. The summed E-state index contributed by atoms with van der Waals surface area (Å²) >= 11 is 0. The number of pyridine rings is 1. The van der Waals surface area contributed by atoms with Crippen molar-refractivity contribution in [1.29, 1.82) is 5.41 Å². The van der Waals surface area contributed by atoms with Crippen molar-refractivity contribution in [2.24, 2.45) is 11.7 Å². The van der Waals surface area contributed by atoms with Crippen LogP contribution in [0.3, 0.4) is 0 Å². The summed E-state index contributed by atoms with van der Waals surface area (Å²) in [4.78, 5) is 24.5. The Morgan fingerprint density at radius 1 is 1.32 bits per heavy atom. The Labute approximate surface area is 165 Å². The second kappa shape index (κ2) is 7.58. The van der Waals surface area contributed by atoms with Crippen molar-refractivity contribution in [2.75, 3.05) is 0 Å². The minimum atomic E-state index is -0.238. The van der Waals surface area contributed by atoms with Crippen LogP contribution < -0.4 is 11.2 Å². The van der Waals surface area contributed by atoms with Gasteiger partial charge in [0.25, 0.3) is 0 Å². The maximum absolute atomic E-state index is 12.6. The normalized spacial score (nSPS) is 15.9. The molecule has 2 aromatic rings. The molecule has 3 rings (SSSR count). The van der Waals surface area contributed by atoms with Gasteiger partial charge in [-0.3, -0.25) is 9.59 Å². The van der Waals surface area contributed by atoms with E-state index >= 15 is 0 Å². The van der Waals surface area contributed by atoms with Crippen molar-refractivity contribution in [3.05, 3.63) is 63.1 Å². The number of fused-ring (bicyclic) bond motifs is 3. The van der Waals surface area contributed by atoms with Crippen molar-refractivity contribution in [1.82, 2.24) is 4.57 Å². The molecule has 0 radical (unpaired) electrons. The molecule has 0 aliphatic carbocycles. The number of ketones is 1. The first kappa shape index (κ1) is 19.8. The van der Waals surface area contributed by atoms with E-state index in [-0.39, 0.29) is 22.8 Å². The molecule has 3 N–H and O–H groups in total. The van der Waals surface area contributed by atoms with Crippen molar-refractivity contribution in [3.8, 4) is 11.3 Å². The molecule has 1 aliphatic rings. The first-order valence-corrected chi connectivity index (χ1v) is 9.68. The zero-order valence-electron chi connectivity index (χ0n) is 16.9. The van der Waals surface area contributed by atoms with Crippen LogP contribution in [0.4, 0.5) is 0 Å². The fourth-order valence-corrected chi connectivity index (χ4v) is 4.06. The zero-order valence-corrected chi connectivity index (χ0v) is 16.9. The highest BCUT2D eigenvalue weighted by atomic mass is 16.1. The lowest BCUT2D eigenvalue weighted by Crippen LogP contribution is -2.28. The maximum Gasteiger partial charge on any atom is 0.192 e. The van der Waals surface area contributed by atoms with Crippen LogP contribution in [0.2, 0.25) is 0 Å². The summed E-state index contributed by atoms with van der Waals surface area (Å²) in [5, 5.41) is 7.68. The number of carbonyl (C=O) groups is 1. The van der Waals surface area contributed by atoms with Crippen molar-refractivity contribution in [2.45, 2.75) is 46.6 Å². The number of nitrogens with zero attached hydrogens (tertiary/aromatic N) is 1. The number of hydrogen-bond acceptors (Lipinski definition) is 4. The highest BCUT2D eigenvalue weighted by Crippen LogP contribution is 2.39. The number of nitrogens with two attached hydrogens (primary N) is 1. The summed E-state index contributed by atoms with van der Waals surface area (Å²) in [5.41, 5.74) is 11.5. The van der Waals surface area contributed by atoms with Gasteiger partial charge in [0, 0.05) is 41.9 Å². The van der Waals surface area contributed by atoms with Crippen molar-refractivity contribution < 1.29 is 4.79 Å². The minimum absolute atomic E-state index is 0.145. The molecule has 0 saturated heterocycles. The Kier molecular flexibility index (Phi) is 5.36. The average Bonchev–Trinajstić information content (AvgIpc) is 2.66. The molecule has 28 heavy (non-hydrogen) atoms. The molecule has 1 unspecified atom stereocenters. The van der Waals surface area contributed by atoms with Gasteiger partial charge in [-0.25, -0.2) is 0 Å². The van der Waals surface area contributed by atoms with Crippen LogP contribution in [0.5, 0.6) is 0 Å². The average molecular weight is 377 g/mol. The predicted molar refractivity (Wildman–Crippen MR) is 114 cm³/mol. The molecule has 5 nitrogen and oxygen atoms in total. The molecule has 146 valence electrons. The molecule has 2 heterocycles. The Hall–Kier alpha value is -2.95. The Bertz CT molecular complexity index is 1040. The van der Waals surface area contributed by atoms with Gasteiger partial charge in [0.1, 0.15) is 0 Å². The van der Waals surface area contributed by atoms with E-state index in [4.69, 9.17) is 11.1 Å². The third kappa shape index (κ3) is 3.21. The molecule has 0 spiro atoms. The van der Waals surface area contributed by atoms with Gasteiger partial charge >= 0.3 is 0 Å². The van der Waals surface area contributed by atoms with Gasteiger partial charge in [-0.1, -0.05) is 26.8 Å². The second-order valence-corrected chi connectivity index (χ2v) is 7.70. The van der Waals surface area contributed by atoms with Crippen LogP contribution in [0, 0.1) is 11.3 Å². The lowest BCUT2D eigenvalue weighted by molar-refractivity contribution is 0.101. The standard InChI is InChI=1S/C23H27N3O2/c1-5-15-6-19-16(7-18(15)17(10-24)11-25)8-21(13(2)3)26-12-20(14(4)27)23(28)9-22(19)26/h6-7,9-13,21,24H,5,8,25H2,1-4H3/b17-11+,24-10?. The number of carbonyl (C=O) groups excluding carboxylic acids is 1. The lowest BCUT2D eigenvalue weighted by Gasteiger charge is -2.34.